The number of hydrogen-bond donors (Lipinski definition) is 3. The van der Waals surface area contributed by atoms with E-state index in [1.165, 1.54) is 17.3 Å². The summed E-state index contributed by atoms with van der Waals surface area (Å²) in [6.45, 7) is 4.07. The van der Waals surface area contributed by atoms with Gasteiger partial charge in [-0.2, -0.15) is 0 Å². The molecule has 0 saturated heterocycles. The minimum atomic E-state index is -0.299. The average molecular weight is 300 g/mol. The number of nitrogens with one attached hydrogen (secondary N) is 3. The van der Waals surface area contributed by atoms with Crippen molar-refractivity contribution in [1.29, 1.82) is 0 Å². The summed E-state index contributed by atoms with van der Waals surface area (Å²) < 4.78 is 0. The van der Waals surface area contributed by atoms with Gasteiger partial charge in [-0.05, 0) is 61.5 Å². The molecule has 21 heavy (non-hydrogen) atoms. The van der Waals surface area contributed by atoms with E-state index in [0.717, 1.165) is 5.69 Å². The van der Waals surface area contributed by atoms with E-state index in [-0.39, 0.29) is 5.91 Å². The molecule has 0 radical (unpaired) electrons. The van der Waals surface area contributed by atoms with Crippen LogP contribution in [-0.2, 0) is 0 Å². The van der Waals surface area contributed by atoms with E-state index in [4.69, 9.17) is 12.2 Å². The molecule has 1 heterocycles. The molecule has 0 aliphatic carbocycles. The van der Waals surface area contributed by atoms with Gasteiger partial charge in [0.15, 0.2) is 5.11 Å². The monoisotopic (exact) mass is 300 g/mol. The van der Waals surface area contributed by atoms with Crippen molar-refractivity contribution >= 4 is 28.9 Å². The van der Waals surface area contributed by atoms with E-state index in [0.29, 0.717) is 10.7 Å². The van der Waals surface area contributed by atoms with Gasteiger partial charge in [0.1, 0.15) is 0 Å². The summed E-state index contributed by atoms with van der Waals surface area (Å²) >= 11 is 5.13. The maximum atomic E-state index is 11.8. The highest BCUT2D eigenvalue weighted by atomic mass is 32.1. The number of thiocarbonyl (C=S) groups is 1. The van der Waals surface area contributed by atoms with Crippen molar-refractivity contribution in [3.8, 4) is 0 Å². The standard InChI is InChI=1S/C15H16N4OS/c1-10-5-6-13(8-11(10)2)17-15(21)19-18-14(20)12-4-3-7-16-9-12/h3-9H,1-2H3,(H,18,20)(H2,17,19,21). The van der Waals surface area contributed by atoms with Gasteiger partial charge in [-0.3, -0.25) is 20.6 Å². The maximum Gasteiger partial charge on any atom is 0.271 e. The van der Waals surface area contributed by atoms with Gasteiger partial charge in [-0.25, -0.2) is 0 Å². The summed E-state index contributed by atoms with van der Waals surface area (Å²) in [7, 11) is 0. The number of pyridine rings is 1. The molecule has 6 heteroatoms. The normalized spacial score (nSPS) is 9.81. The zero-order chi connectivity index (χ0) is 15.2. The fourth-order valence-electron chi connectivity index (χ4n) is 1.66. The van der Waals surface area contributed by atoms with Crippen LogP contribution in [0.5, 0.6) is 0 Å². The van der Waals surface area contributed by atoms with Gasteiger partial charge in [-0.15, -0.1) is 0 Å². The van der Waals surface area contributed by atoms with Crippen LogP contribution in [0.4, 0.5) is 5.69 Å². The van der Waals surface area contributed by atoms with Crippen molar-refractivity contribution in [1.82, 2.24) is 15.8 Å². The van der Waals surface area contributed by atoms with E-state index in [1.807, 2.05) is 32.0 Å². The van der Waals surface area contributed by atoms with Crippen LogP contribution in [0.25, 0.3) is 0 Å². The van der Waals surface area contributed by atoms with Crippen molar-refractivity contribution in [3.63, 3.8) is 0 Å². The maximum absolute atomic E-state index is 11.8. The Labute approximate surface area is 128 Å². The molecule has 1 aromatic carbocycles. The highest BCUT2D eigenvalue weighted by molar-refractivity contribution is 7.80. The van der Waals surface area contributed by atoms with Crippen molar-refractivity contribution in [2.45, 2.75) is 13.8 Å². The second-order valence-corrected chi connectivity index (χ2v) is 4.98. The lowest BCUT2D eigenvalue weighted by molar-refractivity contribution is 0.0944. The predicted molar refractivity (Wildman–Crippen MR) is 87.0 cm³/mol. The van der Waals surface area contributed by atoms with Crippen molar-refractivity contribution in [2.24, 2.45) is 0 Å². The molecular weight excluding hydrogens is 284 g/mol. The number of benzene rings is 1. The number of hydrazine groups is 1. The van der Waals surface area contributed by atoms with E-state index in [2.05, 4.69) is 21.2 Å². The molecule has 0 fully saturated rings. The molecule has 1 aromatic heterocycles. The molecule has 0 saturated carbocycles. The van der Waals surface area contributed by atoms with Crippen LogP contribution < -0.4 is 16.2 Å². The number of anilines is 1. The van der Waals surface area contributed by atoms with Gasteiger partial charge in [0, 0.05) is 18.1 Å². The third-order valence-corrected chi connectivity index (χ3v) is 3.18. The first-order valence-corrected chi connectivity index (χ1v) is 6.81. The highest BCUT2D eigenvalue weighted by Crippen LogP contribution is 2.13. The first-order valence-electron chi connectivity index (χ1n) is 6.41. The van der Waals surface area contributed by atoms with E-state index in [9.17, 15) is 4.79 Å². The van der Waals surface area contributed by atoms with Crippen LogP contribution >= 0.6 is 12.2 Å². The highest BCUT2D eigenvalue weighted by Gasteiger charge is 2.05. The molecule has 0 unspecified atom stereocenters. The van der Waals surface area contributed by atoms with E-state index in [1.54, 1.807) is 18.3 Å². The van der Waals surface area contributed by atoms with Gasteiger partial charge < -0.3 is 5.32 Å². The smallest absolute Gasteiger partial charge is 0.271 e. The van der Waals surface area contributed by atoms with Gasteiger partial charge in [0.2, 0.25) is 0 Å². The summed E-state index contributed by atoms with van der Waals surface area (Å²) in [6.07, 6.45) is 3.09. The Morgan fingerprint density at radius 1 is 1.14 bits per heavy atom. The van der Waals surface area contributed by atoms with Crippen molar-refractivity contribution < 1.29 is 4.79 Å². The number of aryl methyl sites for hydroxylation is 2. The Kier molecular flexibility index (Phi) is 4.84. The molecule has 0 bridgehead atoms. The summed E-state index contributed by atoms with van der Waals surface area (Å²) in [5.41, 5.74) is 8.87. The first-order chi connectivity index (χ1) is 10.1. The Morgan fingerprint density at radius 3 is 2.62 bits per heavy atom. The summed E-state index contributed by atoms with van der Waals surface area (Å²) in [6, 6.07) is 9.30. The Balaban J connectivity index is 1.87. The minimum absolute atomic E-state index is 0.299. The Morgan fingerprint density at radius 2 is 1.95 bits per heavy atom. The molecule has 0 aliphatic heterocycles. The average Bonchev–Trinajstić information content (AvgIpc) is 2.49. The van der Waals surface area contributed by atoms with Crippen LogP contribution in [0.2, 0.25) is 0 Å². The fourth-order valence-corrected chi connectivity index (χ4v) is 1.83. The molecule has 5 nitrogen and oxygen atoms in total. The van der Waals surface area contributed by atoms with Gasteiger partial charge in [0.25, 0.3) is 5.91 Å². The molecule has 2 rings (SSSR count). The van der Waals surface area contributed by atoms with Crippen LogP contribution in [0, 0.1) is 13.8 Å². The summed E-state index contributed by atoms with van der Waals surface area (Å²) in [5.74, 6) is -0.299. The van der Waals surface area contributed by atoms with E-state index < -0.39 is 0 Å². The van der Waals surface area contributed by atoms with Crippen LogP contribution in [0.1, 0.15) is 21.5 Å². The lowest BCUT2D eigenvalue weighted by atomic mass is 10.1. The number of amides is 1. The molecule has 1 amide bonds. The third-order valence-electron chi connectivity index (χ3n) is 2.98. The first kappa shape index (κ1) is 14.9. The van der Waals surface area contributed by atoms with Crippen LogP contribution in [-0.4, -0.2) is 16.0 Å². The quantitative estimate of drug-likeness (QED) is 0.587. The Bertz CT molecular complexity index is 658. The molecule has 0 atom stereocenters. The second-order valence-electron chi connectivity index (χ2n) is 4.57. The number of nitrogens with zero attached hydrogens (tertiary/aromatic N) is 1. The van der Waals surface area contributed by atoms with Crippen molar-refractivity contribution in [3.05, 3.63) is 59.4 Å². The predicted octanol–water partition coefficient (Wildman–Crippen LogP) is 2.33. The lowest BCUT2D eigenvalue weighted by Gasteiger charge is -2.12. The zero-order valence-electron chi connectivity index (χ0n) is 11.8. The summed E-state index contributed by atoms with van der Waals surface area (Å²) in [4.78, 5) is 15.7. The third kappa shape index (κ3) is 4.25. The molecule has 3 N–H and O–H groups in total. The minimum Gasteiger partial charge on any atom is -0.331 e. The molecule has 0 spiro atoms. The summed E-state index contributed by atoms with van der Waals surface area (Å²) in [5, 5.41) is 3.32. The van der Waals surface area contributed by atoms with Crippen molar-refractivity contribution in [2.75, 3.05) is 5.32 Å². The fraction of sp³-hybridized carbons (Fsp3) is 0.133. The zero-order valence-corrected chi connectivity index (χ0v) is 12.6. The van der Waals surface area contributed by atoms with E-state index >= 15 is 0 Å². The molecular formula is C15H16N4OS. The lowest BCUT2D eigenvalue weighted by Crippen LogP contribution is -2.43. The number of aromatic nitrogens is 1. The van der Waals surface area contributed by atoms with Gasteiger partial charge in [0.05, 0.1) is 5.56 Å². The van der Waals surface area contributed by atoms with Gasteiger partial charge >= 0.3 is 0 Å². The number of hydrogen-bond acceptors (Lipinski definition) is 3. The molecule has 0 aliphatic rings. The Hall–Kier alpha value is -2.47. The largest absolute Gasteiger partial charge is 0.331 e. The molecule has 2 aromatic rings. The topological polar surface area (TPSA) is 66.0 Å². The number of rotatable bonds is 2. The van der Waals surface area contributed by atoms with Gasteiger partial charge in [-0.1, -0.05) is 6.07 Å². The second kappa shape index (κ2) is 6.81. The molecule has 108 valence electrons. The van der Waals surface area contributed by atoms with Crippen LogP contribution in [0.3, 0.4) is 0 Å². The SMILES string of the molecule is Cc1ccc(NC(=S)NNC(=O)c2cccnc2)cc1C. The van der Waals surface area contributed by atoms with Crippen LogP contribution in [0.15, 0.2) is 42.7 Å². The number of carbonyl (C=O) groups is 1. The number of carbonyl (C=O) groups excluding carboxylic acids is 1.